The second-order valence-electron chi connectivity index (χ2n) is 5.69. The molecule has 0 aliphatic carbocycles. The highest BCUT2D eigenvalue weighted by molar-refractivity contribution is 5.91. The van der Waals surface area contributed by atoms with Gasteiger partial charge in [0.1, 0.15) is 5.76 Å². The summed E-state index contributed by atoms with van der Waals surface area (Å²) < 4.78 is 5.15. The van der Waals surface area contributed by atoms with Gasteiger partial charge in [0.15, 0.2) is 0 Å². The first-order chi connectivity index (χ1) is 9.65. The van der Waals surface area contributed by atoms with Crippen LogP contribution in [-0.4, -0.2) is 36.5 Å². The fourth-order valence-corrected chi connectivity index (χ4v) is 2.58. The van der Waals surface area contributed by atoms with E-state index < -0.39 is 0 Å². The summed E-state index contributed by atoms with van der Waals surface area (Å²) in [4.78, 5) is 14.2. The number of likely N-dealkylation sites (tertiary alicyclic amines) is 1. The molecular formula is C16H24N2O2. The van der Waals surface area contributed by atoms with Crippen LogP contribution in [0.15, 0.2) is 28.9 Å². The van der Waals surface area contributed by atoms with Gasteiger partial charge < -0.3 is 14.6 Å². The van der Waals surface area contributed by atoms with E-state index in [1.807, 2.05) is 6.07 Å². The van der Waals surface area contributed by atoms with Crippen molar-refractivity contribution in [2.75, 3.05) is 19.6 Å². The molecule has 1 atom stereocenters. The number of carbonyl (C=O) groups excluding carboxylic acids is 1. The Labute approximate surface area is 120 Å². The SMILES string of the molecule is CC(C)N1CCC[C@H](CNC(=O)/C=C\c2ccco2)C1. The van der Waals surface area contributed by atoms with Crippen LogP contribution in [0.1, 0.15) is 32.4 Å². The van der Waals surface area contributed by atoms with E-state index in [-0.39, 0.29) is 5.91 Å². The molecule has 0 bridgehead atoms. The van der Waals surface area contributed by atoms with Crippen molar-refractivity contribution in [3.63, 3.8) is 0 Å². The van der Waals surface area contributed by atoms with Gasteiger partial charge in [0.2, 0.25) is 5.91 Å². The molecule has 1 saturated heterocycles. The molecule has 1 amide bonds. The number of amides is 1. The maximum Gasteiger partial charge on any atom is 0.244 e. The molecule has 2 rings (SSSR count). The third kappa shape index (κ3) is 4.53. The summed E-state index contributed by atoms with van der Waals surface area (Å²) >= 11 is 0. The van der Waals surface area contributed by atoms with Crippen LogP contribution < -0.4 is 5.32 Å². The Bertz CT molecular complexity index is 437. The highest BCUT2D eigenvalue weighted by Crippen LogP contribution is 2.17. The van der Waals surface area contributed by atoms with Gasteiger partial charge >= 0.3 is 0 Å². The van der Waals surface area contributed by atoms with Crippen molar-refractivity contribution in [1.82, 2.24) is 10.2 Å². The van der Waals surface area contributed by atoms with Gasteiger partial charge in [-0.25, -0.2) is 0 Å². The molecule has 1 aromatic heterocycles. The van der Waals surface area contributed by atoms with Gasteiger partial charge in [0, 0.05) is 25.2 Å². The van der Waals surface area contributed by atoms with Crippen LogP contribution in [0.3, 0.4) is 0 Å². The Balaban J connectivity index is 1.73. The summed E-state index contributed by atoms with van der Waals surface area (Å²) in [5.74, 6) is 1.21. The molecule has 1 N–H and O–H groups in total. The van der Waals surface area contributed by atoms with Crippen LogP contribution >= 0.6 is 0 Å². The van der Waals surface area contributed by atoms with Crippen molar-refractivity contribution < 1.29 is 9.21 Å². The monoisotopic (exact) mass is 276 g/mol. The Hall–Kier alpha value is -1.55. The minimum atomic E-state index is -0.0527. The summed E-state index contributed by atoms with van der Waals surface area (Å²) in [6.45, 7) is 7.48. The molecule has 1 fully saturated rings. The van der Waals surface area contributed by atoms with E-state index in [4.69, 9.17) is 4.42 Å². The largest absolute Gasteiger partial charge is 0.465 e. The number of rotatable bonds is 5. The molecule has 0 aromatic carbocycles. The number of hydrogen-bond donors (Lipinski definition) is 1. The number of furan rings is 1. The van der Waals surface area contributed by atoms with E-state index in [0.29, 0.717) is 17.7 Å². The van der Waals surface area contributed by atoms with Crippen molar-refractivity contribution in [2.24, 2.45) is 5.92 Å². The number of piperidine rings is 1. The number of carbonyl (C=O) groups is 1. The lowest BCUT2D eigenvalue weighted by molar-refractivity contribution is -0.116. The van der Waals surface area contributed by atoms with Crippen LogP contribution in [-0.2, 0) is 4.79 Å². The second-order valence-corrected chi connectivity index (χ2v) is 5.69. The average molecular weight is 276 g/mol. The zero-order valence-electron chi connectivity index (χ0n) is 12.3. The molecule has 1 aliphatic rings. The van der Waals surface area contributed by atoms with E-state index in [1.54, 1.807) is 18.4 Å². The van der Waals surface area contributed by atoms with Gasteiger partial charge in [-0.2, -0.15) is 0 Å². The average Bonchev–Trinajstić information content (AvgIpc) is 2.96. The molecule has 0 spiro atoms. The Morgan fingerprint density at radius 2 is 2.45 bits per heavy atom. The Kier molecular flexibility index (Phi) is 5.41. The quantitative estimate of drug-likeness (QED) is 0.841. The van der Waals surface area contributed by atoms with E-state index in [1.165, 1.54) is 25.5 Å². The van der Waals surface area contributed by atoms with E-state index >= 15 is 0 Å². The molecule has 110 valence electrons. The van der Waals surface area contributed by atoms with Crippen LogP contribution in [0.4, 0.5) is 0 Å². The molecular weight excluding hydrogens is 252 g/mol. The first-order valence-corrected chi connectivity index (χ1v) is 7.38. The predicted octanol–water partition coefficient (Wildman–Crippen LogP) is 2.53. The molecule has 4 heteroatoms. The fourth-order valence-electron chi connectivity index (χ4n) is 2.58. The van der Waals surface area contributed by atoms with Crippen LogP contribution in [0.5, 0.6) is 0 Å². The zero-order chi connectivity index (χ0) is 14.4. The minimum absolute atomic E-state index is 0.0527. The molecule has 0 saturated carbocycles. The van der Waals surface area contributed by atoms with Crippen molar-refractivity contribution >= 4 is 12.0 Å². The summed E-state index contributed by atoms with van der Waals surface area (Å²) in [7, 11) is 0. The number of nitrogens with one attached hydrogen (secondary N) is 1. The van der Waals surface area contributed by atoms with Crippen molar-refractivity contribution in [3.8, 4) is 0 Å². The lowest BCUT2D eigenvalue weighted by atomic mass is 9.97. The smallest absolute Gasteiger partial charge is 0.244 e. The van der Waals surface area contributed by atoms with Crippen molar-refractivity contribution in [1.29, 1.82) is 0 Å². The molecule has 1 aromatic rings. The topological polar surface area (TPSA) is 45.5 Å². The van der Waals surface area contributed by atoms with Gasteiger partial charge in [-0.1, -0.05) is 0 Å². The van der Waals surface area contributed by atoms with Crippen LogP contribution in [0.2, 0.25) is 0 Å². The van der Waals surface area contributed by atoms with Crippen LogP contribution in [0, 0.1) is 5.92 Å². The van der Waals surface area contributed by atoms with Gasteiger partial charge in [-0.05, 0) is 57.4 Å². The fraction of sp³-hybridized carbons (Fsp3) is 0.562. The van der Waals surface area contributed by atoms with Gasteiger partial charge in [0.05, 0.1) is 6.26 Å². The third-order valence-corrected chi connectivity index (χ3v) is 3.79. The molecule has 4 nitrogen and oxygen atoms in total. The number of hydrogen-bond acceptors (Lipinski definition) is 3. The summed E-state index contributed by atoms with van der Waals surface area (Å²) in [5.41, 5.74) is 0. The first-order valence-electron chi connectivity index (χ1n) is 7.38. The van der Waals surface area contributed by atoms with Crippen molar-refractivity contribution in [2.45, 2.75) is 32.7 Å². The zero-order valence-corrected chi connectivity index (χ0v) is 12.3. The van der Waals surface area contributed by atoms with E-state index in [2.05, 4.69) is 24.1 Å². The summed E-state index contributed by atoms with van der Waals surface area (Å²) in [6, 6.07) is 4.22. The number of nitrogens with zero attached hydrogens (tertiary/aromatic N) is 1. The lowest BCUT2D eigenvalue weighted by Crippen LogP contribution is -2.43. The van der Waals surface area contributed by atoms with Gasteiger partial charge in [-0.15, -0.1) is 0 Å². The first kappa shape index (κ1) is 14.9. The third-order valence-electron chi connectivity index (χ3n) is 3.79. The maximum absolute atomic E-state index is 11.7. The molecule has 1 aliphatic heterocycles. The normalized spacial score (nSPS) is 20.6. The summed E-state index contributed by atoms with van der Waals surface area (Å²) in [5, 5.41) is 2.98. The Morgan fingerprint density at radius 1 is 1.60 bits per heavy atom. The highest BCUT2D eigenvalue weighted by atomic mass is 16.3. The molecule has 20 heavy (non-hydrogen) atoms. The minimum Gasteiger partial charge on any atom is -0.465 e. The Morgan fingerprint density at radius 3 is 3.15 bits per heavy atom. The van der Waals surface area contributed by atoms with E-state index in [0.717, 1.165) is 13.1 Å². The van der Waals surface area contributed by atoms with Crippen molar-refractivity contribution in [3.05, 3.63) is 30.2 Å². The second kappa shape index (κ2) is 7.29. The van der Waals surface area contributed by atoms with Crippen LogP contribution in [0.25, 0.3) is 6.08 Å². The summed E-state index contributed by atoms with van der Waals surface area (Å²) in [6.07, 6.45) is 7.24. The maximum atomic E-state index is 11.7. The predicted molar refractivity (Wildman–Crippen MR) is 80.2 cm³/mol. The van der Waals surface area contributed by atoms with E-state index in [9.17, 15) is 4.79 Å². The van der Waals surface area contributed by atoms with Gasteiger partial charge in [0.25, 0.3) is 0 Å². The highest BCUT2D eigenvalue weighted by Gasteiger charge is 2.21. The van der Waals surface area contributed by atoms with Gasteiger partial charge in [-0.3, -0.25) is 4.79 Å². The molecule has 0 radical (unpaired) electrons. The lowest BCUT2D eigenvalue weighted by Gasteiger charge is -2.35. The standard InChI is InChI=1S/C16H24N2O2/c1-13(2)18-9-3-5-14(12-18)11-17-16(19)8-7-15-6-4-10-20-15/h4,6-8,10,13-14H,3,5,9,11-12H2,1-2H3,(H,17,19)/b8-7-/t14-/m1/s1. The molecule has 2 heterocycles. The molecule has 0 unspecified atom stereocenters.